The summed E-state index contributed by atoms with van der Waals surface area (Å²) in [6.07, 6.45) is -9.40. The van der Waals surface area contributed by atoms with Crippen molar-refractivity contribution in [1.29, 1.82) is 0 Å². The van der Waals surface area contributed by atoms with E-state index in [9.17, 15) is 26.3 Å². The average Bonchev–Trinajstić information content (AvgIpc) is 2.54. The van der Waals surface area contributed by atoms with Crippen LogP contribution in [0.3, 0.4) is 0 Å². The molecule has 1 rings (SSSR count). The molecular formula is C9H10F6N2O3. The van der Waals surface area contributed by atoms with Crippen LogP contribution in [-0.4, -0.2) is 39.8 Å². The number of ether oxygens (including phenoxy) is 1. The van der Waals surface area contributed by atoms with Crippen molar-refractivity contribution in [3.05, 3.63) is 11.8 Å². The topological polar surface area (TPSA) is 64.4 Å². The lowest BCUT2D eigenvalue weighted by Crippen LogP contribution is -2.21. The van der Waals surface area contributed by atoms with Gasteiger partial charge in [-0.3, -0.25) is 4.68 Å². The number of carboxylic acids is 1. The molecule has 5 nitrogen and oxygen atoms in total. The fourth-order valence-electron chi connectivity index (χ4n) is 0.754. The number of rotatable bonds is 2. The lowest BCUT2D eigenvalue weighted by atomic mass is 10.5. The minimum absolute atomic E-state index is 0.00248. The predicted molar refractivity (Wildman–Crippen MR) is 53.2 cm³/mol. The summed E-state index contributed by atoms with van der Waals surface area (Å²) in [6.45, 7) is 0.427. The van der Waals surface area contributed by atoms with Gasteiger partial charge in [0.05, 0.1) is 0 Å². The van der Waals surface area contributed by atoms with Gasteiger partial charge in [-0.15, -0.1) is 5.10 Å². The van der Waals surface area contributed by atoms with Gasteiger partial charge in [0, 0.05) is 18.8 Å². The van der Waals surface area contributed by atoms with Crippen LogP contribution in [0.2, 0.25) is 0 Å². The third-order valence-electron chi connectivity index (χ3n) is 1.72. The summed E-state index contributed by atoms with van der Waals surface area (Å²) in [5, 5.41) is 10.8. The number of alkyl halides is 6. The zero-order valence-electron chi connectivity index (χ0n) is 10.2. The zero-order chi connectivity index (χ0) is 16.1. The second kappa shape index (κ2) is 6.48. The Bertz CT molecular complexity index is 432. The molecule has 11 heteroatoms. The first kappa shape index (κ1) is 18.1. The first-order chi connectivity index (χ1) is 8.83. The summed E-state index contributed by atoms with van der Waals surface area (Å²) in [6, 6.07) is 1.45. The van der Waals surface area contributed by atoms with Crippen LogP contribution < -0.4 is 4.74 Å². The highest BCUT2D eigenvalue weighted by molar-refractivity contribution is 5.73. The molecule has 0 fully saturated rings. The average molecular weight is 308 g/mol. The number of hydrogen-bond acceptors (Lipinski definition) is 3. The van der Waals surface area contributed by atoms with Gasteiger partial charge >= 0.3 is 18.3 Å². The molecule has 0 aliphatic carbocycles. The van der Waals surface area contributed by atoms with Gasteiger partial charge in [-0.1, -0.05) is 0 Å². The van der Waals surface area contributed by atoms with Gasteiger partial charge in [0.25, 0.3) is 0 Å². The predicted octanol–water partition coefficient (Wildman–Crippen LogP) is 2.30. The maximum atomic E-state index is 11.7. The fourth-order valence-corrected chi connectivity index (χ4v) is 0.754. The van der Waals surface area contributed by atoms with E-state index in [1.165, 1.54) is 10.7 Å². The molecule has 20 heavy (non-hydrogen) atoms. The molecule has 0 aliphatic heterocycles. The highest BCUT2D eigenvalue weighted by Crippen LogP contribution is 2.17. The number of carboxylic acid groups (broad SMARTS) is 1. The molecule has 0 radical (unpaired) electrons. The molecule has 1 N–H and O–H groups in total. The first-order valence-electron chi connectivity index (χ1n) is 4.83. The Kier molecular flexibility index (Phi) is 5.85. The Hall–Kier alpha value is -1.94. The highest BCUT2D eigenvalue weighted by atomic mass is 19.4. The van der Waals surface area contributed by atoms with E-state index in [0.29, 0.717) is 0 Å². The number of nitrogens with zero attached hydrogens (tertiary/aromatic N) is 2. The number of halogens is 6. The van der Waals surface area contributed by atoms with Crippen LogP contribution in [0.4, 0.5) is 26.3 Å². The van der Waals surface area contributed by atoms with E-state index >= 15 is 0 Å². The summed E-state index contributed by atoms with van der Waals surface area (Å²) < 4.78 is 72.7. The zero-order valence-corrected chi connectivity index (χ0v) is 10.2. The normalized spacial score (nSPS) is 11.6. The van der Waals surface area contributed by atoms with Crippen molar-refractivity contribution in [2.45, 2.75) is 19.3 Å². The number of hydrogen-bond donors (Lipinski definition) is 1. The molecular weight excluding hydrogens is 298 g/mol. The summed E-state index contributed by atoms with van der Waals surface area (Å²) in [5.41, 5.74) is 0.747. The molecule has 0 bridgehead atoms. The largest absolute Gasteiger partial charge is 0.490 e. The fraction of sp³-hybridized carbons (Fsp3) is 0.556. The molecule has 0 saturated heterocycles. The lowest BCUT2D eigenvalue weighted by molar-refractivity contribution is -0.192. The minimum Gasteiger partial charge on any atom is -0.475 e. The van der Waals surface area contributed by atoms with Crippen LogP contribution in [-0.2, 0) is 11.8 Å². The van der Waals surface area contributed by atoms with Crippen LogP contribution >= 0.6 is 0 Å². The van der Waals surface area contributed by atoms with Gasteiger partial charge in [0.1, 0.15) is 0 Å². The van der Waals surface area contributed by atoms with Crippen LogP contribution in [0.25, 0.3) is 0 Å². The maximum Gasteiger partial charge on any atom is 0.490 e. The second-order valence-electron chi connectivity index (χ2n) is 3.45. The Morgan fingerprint density at radius 3 is 2.05 bits per heavy atom. The van der Waals surface area contributed by atoms with Crippen molar-refractivity contribution in [3.63, 3.8) is 0 Å². The van der Waals surface area contributed by atoms with Crippen molar-refractivity contribution in [2.24, 2.45) is 7.05 Å². The number of aliphatic carboxylic acids is 1. The van der Waals surface area contributed by atoms with Crippen molar-refractivity contribution in [3.8, 4) is 5.88 Å². The molecule has 0 spiro atoms. The molecule has 0 aliphatic rings. The van der Waals surface area contributed by atoms with E-state index < -0.39 is 24.9 Å². The molecule has 0 saturated carbocycles. The summed E-state index contributed by atoms with van der Waals surface area (Å²) in [4.78, 5) is 8.90. The van der Waals surface area contributed by atoms with Crippen LogP contribution in [0.15, 0.2) is 6.07 Å². The van der Waals surface area contributed by atoms with Gasteiger partial charge in [0.15, 0.2) is 6.61 Å². The minimum atomic E-state index is -5.08. The van der Waals surface area contributed by atoms with E-state index in [-0.39, 0.29) is 5.88 Å². The van der Waals surface area contributed by atoms with Crippen molar-refractivity contribution in [2.75, 3.05) is 6.61 Å². The molecule has 0 aromatic carbocycles. The van der Waals surface area contributed by atoms with Crippen molar-refractivity contribution >= 4 is 5.97 Å². The van der Waals surface area contributed by atoms with Gasteiger partial charge in [-0.05, 0) is 6.92 Å². The molecule has 116 valence electrons. The summed E-state index contributed by atoms with van der Waals surface area (Å²) in [7, 11) is 1.63. The van der Waals surface area contributed by atoms with E-state index in [4.69, 9.17) is 9.90 Å². The van der Waals surface area contributed by atoms with Crippen LogP contribution in [0, 0.1) is 6.92 Å². The van der Waals surface area contributed by atoms with Gasteiger partial charge in [0.2, 0.25) is 5.88 Å². The monoisotopic (exact) mass is 308 g/mol. The highest BCUT2D eigenvalue weighted by Gasteiger charge is 2.38. The molecule has 1 heterocycles. The van der Waals surface area contributed by atoms with E-state index in [0.717, 1.165) is 5.69 Å². The summed E-state index contributed by atoms with van der Waals surface area (Å²) in [5.74, 6) is -2.76. The third kappa shape index (κ3) is 7.48. The molecule has 1 aromatic rings. The van der Waals surface area contributed by atoms with E-state index in [1.807, 2.05) is 0 Å². The van der Waals surface area contributed by atoms with Gasteiger partial charge < -0.3 is 9.84 Å². The number of aryl methyl sites for hydroxylation is 2. The SMILES string of the molecule is Cc1cc(OCC(F)(F)F)nn1C.O=C(O)C(F)(F)F. The maximum absolute atomic E-state index is 11.7. The quantitative estimate of drug-likeness (QED) is 0.852. The van der Waals surface area contributed by atoms with Gasteiger partial charge in [-0.2, -0.15) is 26.3 Å². The van der Waals surface area contributed by atoms with Crippen molar-refractivity contribution in [1.82, 2.24) is 9.78 Å². The van der Waals surface area contributed by atoms with Gasteiger partial charge in [-0.25, -0.2) is 4.79 Å². The lowest BCUT2D eigenvalue weighted by Gasteiger charge is -2.05. The number of aromatic nitrogens is 2. The van der Waals surface area contributed by atoms with E-state index in [2.05, 4.69) is 9.84 Å². The van der Waals surface area contributed by atoms with Crippen molar-refractivity contribution < 1.29 is 41.0 Å². The third-order valence-corrected chi connectivity index (χ3v) is 1.72. The first-order valence-corrected chi connectivity index (χ1v) is 4.83. The Morgan fingerprint density at radius 1 is 1.35 bits per heavy atom. The van der Waals surface area contributed by atoms with E-state index in [1.54, 1.807) is 14.0 Å². The molecule has 0 unspecified atom stereocenters. The number of carbonyl (C=O) groups is 1. The molecule has 0 atom stereocenters. The molecule has 1 aromatic heterocycles. The van der Waals surface area contributed by atoms with Crippen LogP contribution in [0.5, 0.6) is 5.88 Å². The molecule has 0 amide bonds. The van der Waals surface area contributed by atoms with Crippen LogP contribution in [0.1, 0.15) is 5.69 Å². The Labute approximate surface area is 108 Å². The standard InChI is InChI=1S/C7H9F3N2O.C2HF3O2/c1-5-3-6(11-12(5)2)13-4-7(8,9)10;3-2(4,5)1(6)7/h3H,4H2,1-2H3;(H,6,7). The Balaban J connectivity index is 0.000000441. The second-order valence-corrected chi connectivity index (χ2v) is 3.45. The smallest absolute Gasteiger partial charge is 0.475 e. The summed E-state index contributed by atoms with van der Waals surface area (Å²) >= 11 is 0. The Morgan fingerprint density at radius 2 is 1.80 bits per heavy atom.